The molecule has 100 valence electrons. The van der Waals surface area contributed by atoms with Gasteiger partial charge < -0.3 is 5.32 Å². The molecule has 0 radical (unpaired) electrons. The van der Waals surface area contributed by atoms with Crippen LogP contribution in [0.2, 0.25) is 0 Å². The Morgan fingerprint density at radius 1 is 1.06 bits per heavy atom. The summed E-state index contributed by atoms with van der Waals surface area (Å²) in [5.41, 5.74) is 0. The van der Waals surface area contributed by atoms with E-state index in [0.717, 1.165) is 18.0 Å². The van der Waals surface area contributed by atoms with Crippen LogP contribution in [-0.4, -0.2) is 37.1 Å². The second kappa shape index (κ2) is 6.75. The highest BCUT2D eigenvalue weighted by Gasteiger charge is 2.33. The smallest absolute Gasteiger partial charge is 0.0223 e. The standard InChI is InChI=1S/C15H30N2/c1-3-13-8-4-5-10-15(13)17-11-7-6-9-14(17)12-16-2/h13-16H,3-12H2,1-2H3. The first-order valence-corrected chi connectivity index (χ1v) is 7.77. The van der Waals surface area contributed by atoms with Crippen LogP contribution in [-0.2, 0) is 0 Å². The third-order valence-corrected chi connectivity index (χ3v) is 4.93. The molecule has 1 saturated heterocycles. The van der Waals surface area contributed by atoms with Gasteiger partial charge in [-0.2, -0.15) is 0 Å². The normalized spacial score (nSPS) is 36.0. The van der Waals surface area contributed by atoms with Crippen molar-refractivity contribution in [3.8, 4) is 0 Å². The van der Waals surface area contributed by atoms with Gasteiger partial charge >= 0.3 is 0 Å². The van der Waals surface area contributed by atoms with Gasteiger partial charge in [0.1, 0.15) is 0 Å². The van der Waals surface area contributed by atoms with E-state index in [9.17, 15) is 0 Å². The van der Waals surface area contributed by atoms with Gasteiger partial charge in [0.2, 0.25) is 0 Å². The fourth-order valence-electron chi connectivity index (χ4n) is 4.02. The van der Waals surface area contributed by atoms with Gasteiger partial charge in [-0.3, -0.25) is 4.90 Å². The van der Waals surface area contributed by atoms with Crippen LogP contribution in [0.3, 0.4) is 0 Å². The molecule has 1 heterocycles. The van der Waals surface area contributed by atoms with Crippen LogP contribution in [0.25, 0.3) is 0 Å². The number of nitrogens with one attached hydrogen (secondary N) is 1. The predicted molar refractivity (Wildman–Crippen MR) is 74.3 cm³/mol. The molecular formula is C15H30N2. The van der Waals surface area contributed by atoms with Crippen LogP contribution in [0.1, 0.15) is 58.3 Å². The predicted octanol–water partition coefficient (Wildman–Crippen LogP) is 3.03. The summed E-state index contributed by atoms with van der Waals surface area (Å²) in [6.07, 6.45) is 11.5. The fraction of sp³-hybridized carbons (Fsp3) is 1.00. The third kappa shape index (κ3) is 3.23. The van der Waals surface area contributed by atoms with E-state index >= 15 is 0 Å². The molecule has 2 rings (SSSR count). The van der Waals surface area contributed by atoms with Crippen molar-refractivity contribution >= 4 is 0 Å². The number of likely N-dealkylation sites (tertiary alicyclic amines) is 1. The van der Waals surface area contributed by atoms with Gasteiger partial charge in [-0.15, -0.1) is 0 Å². The minimum absolute atomic E-state index is 0.811. The Bertz CT molecular complexity index is 215. The van der Waals surface area contributed by atoms with E-state index in [1.807, 2.05) is 0 Å². The van der Waals surface area contributed by atoms with E-state index in [-0.39, 0.29) is 0 Å². The lowest BCUT2D eigenvalue weighted by Gasteiger charge is -2.46. The zero-order valence-electron chi connectivity index (χ0n) is 11.8. The average Bonchev–Trinajstić information content (AvgIpc) is 2.40. The van der Waals surface area contributed by atoms with Crippen molar-refractivity contribution < 1.29 is 0 Å². The average molecular weight is 238 g/mol. The SMILES string of the molecule is CCC1CCCCC1N1CCCCC1CNC. The Morgan fingerprint density at radius 3 is 2.59 bits per heavy atom. The van der Waals surface area contributed by atoms with E-state index in [2.05, 4.69) is 24.2 Å². The monoisotopic (exact) mass is 238 g/mol. The van der Waals surface area contributed by atoms with Crippen LogP contribution >= 0.6 is 0 Å². The molecule has 2 nitrogen and oxygen atoms in total. The highest BCUT2D eigenvalue weighted by atomic mass is 15.2. The van der Waals surface area contributed by atoms with Gasteiger partial charge in [0, 0.05) is 18.6 Å². The van der Waals surface area contributed by atoms with E-state index in [1.165, 1.54) is 64.5 Å². The molecule has 1 N–H and O–H groups in total. The molecule has 0 amide bonds. The van der Waals surface area contributed by atoms with Crippen LogP contribution in [0.15, 0.2) is 0 Å². The van der Waals surface area contributed by atoms with Crippen LogP contribution in [0, 0.1) is 5.92 Å². The number of hydrogen-bond acceptors (Lipinski definition) is 2. The first-order valence-electron chi connectivity index (χ1n) is 7.77. The summed E-state index contributed by atoms with van der Waals surface area (Å²) >= 11 is 0. The summed E-state index contributed by atoms with van der Waals surface area (Å²) in [6, 6.07) is 1.71. The van der Waals surface area contributed by atoms with Crippen LogP contribution < -0.4 is 5.32 Å². The first-order chi connectivity index (χ1) is 8.36. The zero-order chi connectivity index (χ0) is 12.1. The highest BCUT2D eigenvalue weighted by molar-refractivity contribution is 4.89. The van der Waals surface area contributed by atoms with Crippen molar-refractivity contribution in [2.45, 2.75) is 70.4 Å². The Kier molecular flexibility index (Phi) is 5.30. The maximum atomic E-state index is 3.40. The lowest BCUT2D eigenvalue weighted by molar-refractivity contribution is 0.0379. The minimum Gasteiger partial charge on any atom is -0.318 e. The van der Waals surface area contributed by atoms with Crippen molar-refractivity contribution in [1.29, 1.82) is 0 Å². The van der Waals surface area contributed by atoms with Crippen molar-refractivity contribution in [3.63, 3.8) is 0 Å². The third-order valence-electron chi connectivity index (χ3n) is 4.93. The fourth-order valence-corrected chi connectivity index (χ4v) is 4.02. The Labute approximate surface area is 107 Å². The molecule has 0 bridgehead atoms. The zero-order valence-corrected chi connectivity index (χ0v) is 11.8. The summed E-state index contributed by atoms with van der Waals surface area (Å²) < 4.78 is 0. The van der Waals surface area contributed by atoms with E-state index in [0.29, 0.717) is 0 Å². The Morgan fingerprint density at radius 2 is 1.82 bits per heavy atom. The van der Waals surface area contributed by atoms with Gasteiger partial charge in [-0.25, -0.2) is 0 Å². The van der Waals surface area contributed by atoms with Crippen molar-refractivity contribution in [2.75, 3.05) is 20.1 Å². The van der Waals surface area contributed by atoms with Crippen molar-refractivity contribution in [3.05, 3.63) is 0 Å². The molecule has 0 aromatic carbocycles. The summed E-state index contributed by atoms with van der Waals surface area (Å²) in [6.45, 7) is 4.93. The number of piperidine rings is 1. The number of likely N-dealkylation sites (N-methyl/N-ethyl adjacent to an activating group) is 1. The quantitative estimate of drug-likeness (QED) is 0.810. The van der Waals surface area contributed by atoms with Crippen LogP contribution in [0.4, 0.5) is 0 Å². The summed E-state index contributed by atoms with van der Waals surface area (Å²) in [4.78, 5) is 2.87. The molecule has 2 fully saturated rings. The first kappa shape index (κ1) is 13.4. The van der Waals surface area contributed by atoms with Gasteiger partial charge in [0.15, 0.2) is 0 Å². The Hall–Kier alpha value is -0.0800. The van der Waals surface area contributed by atoms with Crippen LogP contribution in [0.5, 0.6) is 0 Å². The lowest BCUT2D eigenvalue weighted by atomic mass is 9.80. The summed E-state index contributed by atoms with van der Waals surface area (Å²) in [5, 5.41) is 3.40. The molecule has 2 heteroatoms. The largest absolute Gasteiger partial charge is 0.318 e. The van der Waals surface area contributed by atoms with Gasteiger partial charge in [-0.05, 0) is 45.2 Å². The number of rotatable bonds is 4. The lowest BCUT2D eigenvalue weighted by Crippen LogP contribution is -2.53. The maximum absolute atomic E-state index is 3.40. The summed E-state index contributed by atoms with van der Waals surface area (Å²) in [5.74, 6) is 0.973. The molecule has 3 unspecified atom stereocenters. The van der Waals surface area contributed by atoms with E-state index in [4.69, 9.17) is 0 Å². The second-order valence-corrected chi connectivity index (χ2v) is 5.97. The number of nitrogens with zero attached hydrogens (tertiary/aromatic N) is 1. The summed E-state index contributed by atoms with van der Waals surface area (Å²) in [7, 11) is 2.10. The van der Waals surface area contributed by atoms with Gasteiger partial charge in [-0.1, -0.05) is 32.6 Å². The highest BCUT2D eigenvalue weighted by Crippen LogP contribution is 2.34. The van der Waals surface area contributed by atoms with Gasteiger partial charge in [0.25, 0.3) is 0 Å². The minimum atomic E-state index is 0.811. The van der Waals surface area contributed by atoms with Gasteiger partial charge in [0.05, 0.1) is 0 Å². The molecule has 0 aromatic rings. The molecule has 2 aliphatic rings. The molecular weight excluding hydrogens is 208 g/mol. The molecule has 1 aliphatic heterocycles. The molecule has 1 aliphatic carbocycles. The Balaban J connectivity index is 2.00. The molecule has 0 aromatic heterocycles. The molecule has 3 atom stereocenters. The van der Waals surface area contributed by atoms with Crippen molar-refractivity contribution in [1.82, 2.24) is 10.2 Å². The van der Waals surface area contributed by atoms with E-state index in [1.54, 1.807) is 0 Å². The molecule has 0 spiro atoms. The van der Waals surface area contributed by atoms with Crippen molar-refractivity contribution in [2.24, 2.45) is 5.92 Å². The second-order valence-electron chi connectivity index (χ2n) is 5.97. The molecule has 17 heavy (non-hydrogen) atoms. The number of hydrogen-bond donors (Lipinski definition) is 1. The van der Waals surface area contributed by atoms with E-state index < -0.39 is 0 Å². The topological polar surface area (TPSA) is 15.3 Å². The maximum Gasteiger partial charge on any atom is 0.0223 e. The molecule has 1 saturated carbocycles.